The molecule has 1 aromatic heterocycles. The van der Waals surface area contributed by atoms with Gasteiger partial charge in [-0.3, -0.25) is 4.68 Å². The number of esters is 1. The highest BCUT2D eigenvalue weighted by atomic mass is 35.5. The first-order chi connectivity index (χ1) is 13.6. The van der Waals surface area contributed by atoms with E-state index < -0.39 is 5.97 Å². The molecule has 2 heterocycles. The van der Waals surface area contributed by atoms with Crippen LogP contribution in [0.2, 0.25) is 10.0 Å². The van der Waals surface area contributed by atoms with Gasteiger partial charge in [0.05, 0.1) is 24.9 Å². The van der Waals surface area contributed by atoms with Crippen LogP contribution in [0.4, 0.5) is 0 Å². The molecule has 0 atom stereocenters. The molecule has 0 fully saturated rings. The number of aromatic nitrogens is 2. The molecule has 4 rings (SSSR count). The Morgan fingerprint density at radius 2 is 2.07 bits per heavy atom. The summed E-state index contributed by atoms with van der Waals surface area (Å²) in [5, 5.41) is 5.39. The maximum atomic E-state index is 12.4. The second-order valence-corrected chi connectivity index (χ2v) is 7.10. The van der Waals surface area contributed by atoms with Crippen LogP contribution in [0.15, 0.2) is 48.8 Å². The van der Waals surface area contributed by atoms with E-state index in [-0.39, 0.29) is 13.4 Å². The van der Waals surface area contributed by atoms with Crippen molar-refractivity contribution in [3.8, 4) is 5.75 Å². The Labute approximate surface area is 171 Å². The highest BCUT2D eigenvalue weighted by Gasteiger charge is 2.18. The maximum absolute atomic E-state index is 12.4. The smallest absolute Gasteiger partial charge is 0.341 e. The van der Waals surface area contributed by atoms with Gasteiger partial charge in [-0.1, -0.05) is 41.4 Å². The van der Waals surface area contributed by atoms with E-state index >= 15 is 0 Å². The number of carbonyl (C=O) groups is 1. The molecule has 0 saturated heterocycles. The molecule has 3 aromatic rings. The second kappa shape index (κ2) is 8.22. The van der Waals surface area contributed by atoms with Gasteiger partial charge in [-0.15, -0.1) is 0 Å². The zero-order chi connectivity index (χ0) is 19.5. The van der Waals surface area contributed by atoms with Gasteiger partial charge < -0.3 is 14.2 Å². The lowest BCUT2D eigenvalue weighted by molar-refractivity contribution is -0.0180. The Morgan fingerprint density at radius 3 is 2.93 bits per heavy atom. The lowest BCUT2D eigenvalue weighted by Crippen LogP contribution is -2.14. The quantitative estimate of drug-likeness (QED) is 0.572. The fourth-order valence-corrected chi connectivity index (χ4v) is 3.41. The summed E-state index contributed by atoms with van der Waals surface area (Å²) in [4.78, 5) is 12.4. The minimum atomic E-state index is -0.480. The number of rotatable bonds is 5. The van der Waals surface area contributed by atoms with Crippen molar-refractivity contribution < 1.29 is 19.0 Å². The number of fused-ring (bicyclic) bond motifs is 1. The molecule has 0 radical (unpaired) electrons. The molecule has 144 valence electrons. The van der Waals surface area contributed by atoms with Gasteiger partial charge in [-0.2, -0.15) is 5.10 Å². The van der Waals surface area contributed by atoms with Crippen molar-refractivity contribution in [2.45, 2.75) is 19.8 Å². The lowest BCUT2D eigenvalue weighted by Gasteiger charge is -2.21. The molecular weight excluding hydrogens is 403 g/mol. The standard InChI is InChI=1S/C20H16Cl2N2O4/c21-17-5-14-10-26-12-28-19(14)15(6-17)11-27-20(25)16-7-23-24(9-16)8-13-3-1-2-4-18(13)22/h1-7,9H,8,10-12H2. The molecular formula is C20H16Cl2N2O4. The first-order valence-electron chi connectivity index (χ1n) is 8.55. The van der Waals surface area contributed by atoms with Crippen molar-refractivity contribution in [1.82, 2.24) is 9.78 Å². The molecule has 1 aliphatic rings. The van der Waals surface area contributed by atoms with Crippen LogP contribution in [0.3, 0.4) is 0 Å². The molecule has 0 unspecified atom stereocenters. The summed E-state index contributed by atoms with van der Waals surface area (Å²) in [6.07, 6.45) is 3.10. The van der Waals surface area contributed by atoms with Crippen molar-refractivity contribution >= 4 is 29.2 Å². The van der Waals surface area contributed by atoms with E-state index in [0.717, 1.165) is 11.1 Å². The van der Waals surface area contributed by atoms with Gasteiger partial charge in [0.25, 0.3) is 0 Å². The Morgan fingerprint density at radius 1 is 1.21 bits per heavy atom. The van der Waals surface area contributed by atoms with Crippen LogP contribution >= 0.6 is 23.2 Å². The third-order valence-electron chi connectivity index (χ3n) is 4.27. The van der Waals surface area contributed by atoms with Crippen molar-refractivity contribution in [2.24, 2.45) is 0 Å². The third-order valence-corrected chi connectivity index (χ3v) is 4.86. The number of halogens is 2. The normalized spacial score (nSPS) is 12.9. The number of hydrogen-bond donors (Lipinski definition) is 0. The summed E-state index contributed by atoms with van der Waals surface area (Å²) in [5.41, 5.74) is 2.80. The topological polar surface area (TPSA) is 62.6 Å². The van der Waals surface area contributed by atoms with Gasteiger partial charge in [-0.25, -0.2) is 4.79 Å². The number of carbonyl (C=O) groups excluding carboxylic acids is 1. The van der Waals surface area contributed by atoms with Gasteiger partial charge in [0.15, 0.2) is 6.79 Å². The van der Waals surface area contributed by atoms with Gasteiger partial charge >= 0.3 is 5.97 Å². The first-order valence-corrected chi connectivity index (χ1v) is 9.30. The molecule has 0 aliphatic carbocycles. The number of ether oxygens (including phenoxy) is 3. The van der Waals surface area contributed by atoms with Crippen LogP contribution < -0.4 is 4.74 Å². The van der Waals surface area contributed by atoms with Crippen LogP contribution in [0.5, 0.6) is 5.75 Å². The van der Waals surface area contributed by atoms with Gasteiger partial charge in [0, 0.05) is 27.4 Å². The highest BCUT2D eigenvalue weighted by Crippen LogP contribution is 2.32. The van der Waals surface area contributed by atoms with Crippen molar-refractivity contribution in [3.05, 3.63) is 81.1 Å². The monoisotopic (exact) mass is 418 g/mol. The van der Waals surface area contributed by atoms with E-state index in [1.807, 2.05) is 24.3 Å². The van der Waals surface area contributed by atoms with E-state index in [2.05, 4.69) is 5.10 Å². The molecule has 1 aliphatic heterocycles. The predicted octanol–water partition coefficient (Wildman–Crippen LogP) is 4.46. The summed E-state index contributed by atoms with van der Waals surface area (Å²) in [6.45, 7) is 1.07. The molecule has 8 heteroatoms. The fraction of sp³-hybridized carbons (Fsp3) is 0.200. The molecule has 0 amide bonds. The van der Waals surface area contributed by atoms with E-state index in [1.54, 1.807) is 23.0 Å². The average Bonchev–Trinajstić information content (AvgIpc) is 3.16. The molecule has 2 aromatic carbocycles. The van der Waals surface area contributed by atoms with E-state index in [4.69, 9.17) is 37.4 Å². The van der Waals surface area contributed by atoms with E-state index in [1.165, 1.54) is 6.20 Å². The fourth-order valence-electron chi connectivity index (χ4n) is 2.95. The Hall–Kier alpha value is -2.54. The van der Waals surface area contributed by atoms with Crippen LogP contribution in [0.25, 0.3) is 0 Å². The van der Waals surface area contributed by atoms with E-state index in [0.29, 0.717) is 40.1 Å². The maximum Gasteiger partial charge on any atom is 0.341 e. The number of benzene rings is 2. The molecule has 0 N–H and O–H groups in total. The summed E-state index contributed by atoms with van der Waals surface area (Å²) < 4.78 is 17.8. The molecule has 0 saturated carbocycles. The van der Waals surface area contributed by atoms with Crippen molar-refractivity contribution in [3.63, 3.8) is 0 Å². The molecule has 0 spiro atoms. The number of hydrogen-bond acceptors (Lipinski definition) is 5. The van der Waals surface area contributed by atoms with Gasteiger partial charge in [-0.05, 0) is 23.8 Å². The van der Waals surface area contributed by atoms with Gasteiger partial charge in [0.2, 0.25) is 0 Å². The predicted molar refractivity (Wildman–Crippen MR) is 104 cm³/mol. The minimum absolute atomic E-state index is 0.0391. The summed E-state index contributed by atoms with van der Waals surface area (Å²) in [5.74, 6) is 0.170. The third kappa shape index (κ3) is 4.14. The van der Waals surface area contributed by atoms with Crippen LogP contribution in [0.1, 0.15) is 27.0 Å². The second-order valence-electron chi connectivity index (χ2n) is 6.26. The zero-order valence-corrected chi connectivity index (χ0v) is 16.2. The van der Waals surface area contributed by atoms with Crippen molar-refractivity contribution in [1.29, 1.82) is 0 Å². The zero-order valence-electron chi connectivity index (χ0n) is 14.7. The molecule has 0 bridgehead atoms. The Balaban J connectivity index is 1.43. The number of nitrogens with zero attached hydrogens (tertiary/aromatic N) is 2. The van der Waals surface area contributed by atoms with E-state index in [9.17, 15) is 4.79 Å². The first kappa shape index (κ1) is 18.8. The lowest BCUT2D eigenvalue weighted by atomic mass is 10.1. The van der Waals surface area contributed by atoms with Crippen LogP contribution in [-0.4, -0.2) is 22.5 Å². The highest BCUT2D eigenvalue weighted by molar-refractivity contribution is 6.31. The minimum Gasteiger partial charge on any atom is -0.467 e. The van der Waals surface area contributed by atoms with Gasteiger partial charge in [0.1, 0.15) is 12.4 Å². The largest absolute Gasteiger partial charge is 0.467 e. The summed E-state index contributed by atoms with van der Waals surface area (Å²) in [7, 11) is 0. The van der Waals surface area contributed by atoms with Crippen molar-refractivity contribution in [2.75, 3.05) is 6.79 Å². The summed E-state index contributed by atoms with van der Waals surface area (Å²) in [6, 6.07) is 11.0. The van der Waals surface area contributed by atoms with Crippen LogP contribution in [-0.2, 0) is 29.2 Å². The Kier molecular flexibility index (Phi) is 5.52. The summed E-state index contributed by atoms with van der Waals surface area (Å²) >= 11 is 12.3. The average molecular weight is 419 g/mol. The SMILES string of the molecule is O=C(OCc1cc(Cl)cc2c1OCOC2)c1cnn(Cc2ccccc2Cl)c1. The Bertz CT molecular complexity index is 1020. The molecule has 6 nitrogen and oxygen atoms in total. The van der Waals surface area contributed by atoms with Crippen LogP contribution in [0, 0.1) is 0 Å². The molecule has 28 heavy (non-hydrogen) atoms.